The molecule has 2 atom stereocenters. The van der Waals surface area contributed by atoms with Gasteiger partial charge in [0.2, 0.25) is 0 Å². The van der Waals surface area contributed by atoms with Crippen LogP contribution < -0.4 is 5.73 Å². The Morgan fingerprint density at radius 1 is 1.42 bits per heavy atom. The standard InChI is InChI=1S/C15H30N2O2/c1-4-13-9-8-12-17(13)11-7-6-10-15(3,16)14(18)19-5-2/h13H,4-12,16H2,1-3H3. The quantitative estimate of drug-likeness (QED) is 0.543. The molecule has 19 heavy (non-hydrogen) atoms. The van der Waals surface area contributed by atoms with Crippen LogP contribution in [0.15, 0.2) is 0 Å². The fourth-order valence-electron chi connectivity index (χ4n) is 2.86. The molecule has 112 valence electrons. The number of carbonyl (C=O) groups is 1. The normalized spacial score (nSPS) is 23.3. The molecule has 1 fully saturated rings. The summed E-state index contributed by atoms with van der Waals surface area (Å²) in [6.07, 6.45) is 6.72. The number of esters is 1. The summed E-state index contributed by atoms with van der Waals surface area (Å²) < 4.78 is 5.00. The monoisotopic (exact) mass is 270 g/mol. The molecule has 1 aliphatic heterocycles. The van der Waals surface area contributed by atoms with Crippen LogP contribution in [0.3, 0.4) is 0 Å². The highest BCUT2D eigenvalue weighted by Crippen LogP contribution is 2.21. The van der Waals surface area contributed by atoms with E-state index in [1.807, 2.05) is 6.92 Å². The van der Waals surface area contributed by atoms with Gasteiger partial charge >= 0.3 is 5.97 Å². The lowest BCUT2D eigenvalue weighted by molar-refractivity contribution is -0.149. The van der Waals surface area contributed by atoms with Crippen LogP contribution in [-0.2, 0) is 9.53 Å². The van der Waals surface area contributed by atoms with Gasteiger partial charge in [-0.1, -0.05) is 6.92 Å². The van der Waals surface area contributed by atoms with Gasteiger partial charge in [-0.3, -0.25) is 4.79 Å². The molecule has 0 amide bonds. The van der Waals surface area contributed by atoms with Gasteiger partial charge in [0.25, 0.3) is 0 Å². The summed E-state index contributed by atoms with van der Waals surface area (Å²) in [5, 5.41) is 0. The van der Waals surface area contributed by atoms with E-state index in [1.54, 1.807) is 6.92 Å². The molecular weight excluding hydrogens is 240 g/mol. The molecule has 0 bridgehead atoms. The largest absolute Gasteiger partial charge is 0.465 e. The molecule has 0 aromatic rings. The van der Waals surface area contributed by atoms with Gasteiger partial charge in [0, 0.05) is 6.04 Å². The molecular formula is C15H30N2O2. The smallest absolute Gasteiger partial charge is 0.325 e. The van der Waals surface area contributed by atoms with E-state index >= 15 is 0 Å². The highest BCUT2D eigenvalue weighted by atomic mass is 16.5. The van der Waals surface area contributed by atoms with Crippen molar-refractivity contribution in [1.82, 2.24) is 4.90 Å². The van der Waals surface area contributed by atoms with Crippen molar-refractivity contribution >= 4 is 5.97 Å². The van der Waals surface area contributed by atoms with Gasteiger partial charge in [-0.15, -0.1) is 0 Å². The fourth-order valence-corrected chi connectivity index (χ4v) is 2.86. The molecule has 1 aliphatic rings. The van der Waals surface area contributed by atoms with Crippen LogP contribution in [0.5, 0.6) is 0 Å². The van der Waals surface area contributed by atoms with Gasteiger partial charge in [-0.25, -0.2) is 0 Å². The zero-order valence-corrected chi connectivity index (χ0v) is 12.8. The summed E-state index contributed by atoms with van der Waals surface area (Å²) in [6, 6.07) is 0.773. The molecule has 2 N–H and O–H groups in total. The molecule has 0 saturated carbocycles. The van der Waals surface area contributed by atoms with Crippen molar-refractivity contribution in [3.8, 4) is 0 Å². The average Bonchev–Trinajstić information content (AvgIpc) is 2.82. The van der Waals surface area contributed by atoms with E-state index in [2.05, 4.69) is 11.8 Å². The number of hydrogen-bond donors (Lipinski definition) is 1. The van der Waals surface area contributed by atoms with E-state index in [1.165, 1.54) is 25.8 Å². The predicted octanol–water partition coefficient (Wildman–Crippen LogP) is 2.31. The summed E-state index contributed by atoms with van der Waals surface area (Å²) in [7, 11) is 0. The van der Waals surface area contributed by atoms with Crippen molar-refractivity contribution in [2.45, 2.75) is 70.9 Å². The topological polar surface area (TPSA) is 55.6 Å². The van der Waals surface area contributed by atoms with Crippen molar-refractivity contribution in [2.24, 2.45) is 5.73 Å². The molecule has 0 aromatic heterocycles. The van der Waals surface area contributed by atoms with Crippen LogP contribution in [0.1, 0.15) is 59.3 Å². The first-order valence-electron chi connectivity index (χ1n) is 7.71. The second-order valence-electron chi connectivity index (χ2n) is 5.84. The average molecular weight is 270 g/mol. The van der Waals surface area contributed by atoms with Crippen LogP contribution in [0.25, 0.3) is 0 Å². The number of hydrogen-bond acceptors (Lipinski definition) is 4. The summed E-state index contributed by atoms with van der Waals surface area (Å²) in [5.41, 5.74) is 5.18. The third-order valence-electron chi connectivity index (χ3n) is 4.10. The van der Waals surface area contributed by atoms with Gasteiger partial charge in [0.1, 0.15) is 5.54 Å². The number of rotatable bonds is 8. The number of ether oxygens (including phenoxy) is 1. The summed E-state index contributed by atoms with van der Waals surface area (Å²) in [6.45, 7) is 8.62. The second kappa shape index (κ2) is 7.85. The SMILES string of the molecule is CCOC(=O)C(C)(N)CCCCN1CCCC1CC. The predicted molar refractivity (Wildman–Crippen MR) is 78.0 cm³/mol. The van der Waals surface area contributed by atoms with Crippen molar-refractivity contribution in [3.63, 3.8) is 0 Å². The minimum atomic E-state index is -0.828. The van der Waals surface area contributed by atoms with Crippen molar-refractivity contribution in [3.05, 3.63) is 0 Å². The number of unbranched alkanes of at least 4 members (excludes halogenated alkanes) is 1. The van der Waals surface area contributed by atoms with E-state index in [9.17, 15) is 4.79 Å². The van der Waals surface area contributed by atoms with E-state index in [-0.39, 0.29) is 5.97 Å². The first-order chi connectivity index (χ1) is 9.01. The Labute approximate surface area is 117 Å². The third kappa shape index (κ3) is 5.11. The zero-order valence-electron chi connectivity index (χ0n) is 12.8. The maximum Gasteiger partial charge on any atom is 0.325 e. The summed E-state index contributed by atoms with van der Waals surface area (Å²) in [5.74, 6) is -0.275. The first-order valence-corrected chi connectivity index (χ1v) is 7.71. The van der Waals surface area contributed by atoms with Crippen LogP contribution in [0.4, 0.5) is 0 Å². The fraction of sp³-hybridized carbons (Fsp3) is 0.933. The molecule has 0 aliphatic carbocycles. The van der Waals surface area contributed by atoms with E-state index in [0.717, 1.165) is 25.4 Å². The Morgan fingerprint density at radius 3 is 2.79 bits per heavy atom. The third-order valence-corrected chi connectivity index (χ3v) is 4.10. The minimum Gasteiger partial charge on any atom is -0.465 e. The van der Waals surface area contributed by atoms with Crippen LogP contribution in [-0.4, -0.2) is 42.1 Å². The van der Waals surface area contributed by atoms with Gasteiger partial charge in [-0.2, -0.15) is 0 Å². The van der Waals surface area contributed by atoms with Crippen molar-refractivity contribution in [1.29, 1.82) is 0 Å². The van der Waals surface area contributed by atoms with Gasteiger partial charge < -0.3 is 15.4 Å². The van der Waals surface area contributed by atoms with E-state index in [0.29, 0.717) is 13.0 Å². The van der Waals surface area contributed by atoms with Gasteiger partial charge in [-0.05, 0) is 65.5 Å². The number of likely N-dealkylation sites (tertiary alicyclic amines) is 1. The Hall–Kier alpha value is -0.610. The molecule has 4 heteroatoms. The Balaban J connectivity index is 2.21. The number of nitrogens with zero attached hydrogens (tertiary/aromatic N) is 1. The summed E-state index contributed by atoms with van der Waals surface area (Å²) in [4.78, 5) is 14.2. The lowest BCUT2D eigenvalue weighted by atomic mass is 9.96. The minimum absolute atomic E-state index is 0.275. The highest BCUT2D eigenvalue weighted by Gasteiger charge is 2.29. The second-order valence-corrected chi connectivity index (χ2v) is 5.84. The van der Waals surface area contributed by atoms with Gasteiger partial charge in [0.15, 0.2) is 0 Å². The molecule has 4 nitrogen and oxygen atoms in total. The maximum absolute atomic E-state index is 11.7. The van der Waals surface area contributed by atoms with Crippen molar-refractivity contribution in [2.75, 3.05) is 19.7 Å². The molecule has 2 unspecified atom stereocenters. The number of carbonyl (C=O) groups excluding carboxylic acids is 1. The Morgan fingerprint density at radius 2 is 2.16 bits per heavy atom. The zero-order chi connectivity index (χ0) is 14.3. The molecule has 1 saturated heterocycles. The lowest BCUT2D eigenvalue weighted by Gasteiger charge is -2.25. The van der Waals surface area contributed by atoms with Gasteiger partial charge in [0.05, 0.1) is 6.61 Å². The van der Waals surface area contributed by atoms with Crippen LogP contribution >= 0.6 is 0 Å². The first kappa shape index (κ1) is 16.4. The Kier molecular flexibility index (Phi) is 6.80. The van der Waals surface area contributed by atoms with Crippen LogP contribution in [0, 0.1) is 0 Å². The highest BCUT2D eigenvalue weighted by molar-refractivity contribution is 5.79. The van der Waals surface area contributed by atoms with E-state index < -0.39 is 5.54 Å². The Bertz CT molecular complexity index is 279. The van der Waals surface area contributed by atoms with E-state index in [4.69, 9.17) is 10.5 Å². The molecule has 1 heterocycles. The van der Waals surface area contributed by atoms with Crippen molar-refractivity contribution < 1.29 is 9.53 Å². The van der Waals surface area contributed by atoms with Crippen LogP contribution in [0.2, 0.25) is 0 Å². The summed E-state index contributed by atoms with van der Waals surface area (Å²) >= 11 is 0. The molecule has 0 aromatic carbocycles. The maximum atomic E-state index is 11.7. The molecule has 0 radical (unpaired) electrons. The lowest BCUT2D eigenvalue weighted by Crippen LogP contribution is -2.46. The molecule has 1 rings (SSSR count). The molecule has 0 spiro atoms. The number of nitrogens with two attached hydrogens (primary N) is 1.